The first-order valence-corrected chi connectivity index (χ1v) is 15.4. The van der Waals surface area contributed by atoms with Gasteiger partial charge in [0.2, 0.25) is 0 Å². The molecule has 3 aromatic rings. The molecule has 6 atom stereocenters. The predicted octanol–water partition coefficient (Wildman–Crippen LogP) is 3.15. The zero-order chi connectivity index (χ0) is 29.6. The molecule has 2 aromatic heterocycles. The molecule has 1 aliphatic carbocycles. The van der Waals surface area contributed by atoms with E-state index in [1.54, 1.807) is 0 Å². The Morgan fingerprint density at radius 2 is 1.63 bits per heavy atom. The van der Waals surface area contributed by atoms with Crippen LogP contribution in [0.1, 0.15) is 66.2 Å². The monoisotopic (exact) mass is 595 g/mol. The zero-order valence-electron chi connectivity index (χ0n) is 23.2. The Kier molecular flexibility index (Phi) is 8.46. The van der Waals surface area contributed by atoms with E-state index in [9.17, 15) is 33.6 Å². The number of aliphatic hydroxyl groups is 4. The van der Waals surface area contributed by atoms with E-state index in [0.29, 0.717) is 24.2 Å². The molecule has 1 unspecified atom stereocenters. The summed E-state index contributed by atoms with van der Waals surface area (Å²) in [5.41, 5.74) is 1.62. The fourth-order valence-corrected chi connectivity index (χ4v) is 10.1. The van der Waals surface area contributed by atoms with Gasteiger partial charge in [0.15, 0.2) is 17.5 Å². The third-order valence-corrected chi connectivity index (χ3v) is 12.1. The Morgan fingerprint density at radius 1 is 1.00 bits per heavy atom. The summed E-state index contributed by atoms with van der Waals surface area (Å²) in [7, 11) is -1.43. The van der Waals surface area contributed by atoms with Crippen LogP contribution < -0.4 is 0 Å². The molecular formula is C28H36F3N5O4S. The number of aromatic nitrogens is 5. The third-order valence-electron chi connectivity index (χ3n) is 8.58. The largest absolute Gasteiger partial charge is 0.395 e. The van der Waals surface area contributed by atoms with Crippen LogP contribution in [0.3, 0.4) is 0 Å². The molecular weight excluding hydrogens is 559 g/mol. The summed E-state index contributed by atoms with van der Waals surface area (Å²) < 4.78 is 42.3. The molecule has 1 aliphatic heterocycles. The van der Waals surface area contributed by atoms with Crippen LogP contribution in [0.4, 0.5) is 13.2 Å². The molecule has 0 spiro atoms. The maximum absolute atomic E-state index is 13.8. The standard InChI is InChI=1S/C28H36F3N5O4S/c1-14-15(2)33-24(16(3)32-14)27(28(40)7-5-4-6-8-28)41-13-21(38)25(26(39)22(41)12-37)36-11-20(34-35-36)17-9-18(29)23(31)19(30)10-17/h9-11,21-22,25-27,37-41H,4-8,12-13H2,1-3H3/t21-,22+,25-,26-,27+/m0/s1. The number of aryl methyl sites for hydroxylation is 3. The van der Waals surface area contributed by atoms with Crippen LogP contribution in [-0.2, 0) is 0 Å². The molecule has 2 fully saturated rings. The van der Waals surface area contributed by atoms with Crippen LogP contribution >= 0.6 is 10.9 Å². The number of thiol groups is 1. The predicted molar refractivity (Wildman–Crippen MR) is 148 cm³/mol. The van der Waals surface area contributed by atoms with Crippen molar-refractivity contribution in [2.24, 2.45) is 0 Å². The molecule has 13 heteroatoms. The van der Waals surface area contributed by atoms with Gasteiger partial charge in [-0.15, -0.1) is 5.10 Å². The Morgan fingerprint density at radius 3 is 2.27 bits per heavy atom. The SMILES string of the molecule is Cc1nc(C)c([C@@H]([SH]2C[C@H](O)[C@H](n3cc(-c4cc(F)c(F)c(F)c4)nn3)[C@@H](O)[C@H]2CO)C2(O)CCCCC2)nc1C. The lowest BCUT2D eigenvalue weighted by Crippen LogP contribution is -2.53. The Hall–Kier alpha value is -2.58. The molecule has 0 amide bonds. The van der Waals surface area contributed by atoms with E-state index >= 15 is 0 Å². The van der Waals surface area contributed by atoms with Gasteiger partial charge in [0.25, 0.3) is 0 Å². The summed E-state index contributed by atoms with van der Waals surface area (Å²) in [6.45, 7) is 5.15. The second-order valence-electron chi connectivity index (χ2n) is 11.3. The molecule has 0 bridgehead atoms. The first-order valence-electron chi connectivity index (χ1n) is 13.8. The van der Waals surface area contributed by atoms with Crippen molar-refractivity contribution in [1.82, 2.24) is 25.0 Å². The van der Waals surface area contributed by atoms with Gasteiger partial charge in [-0.3, -0.25) is 9.97 Å². The van der Waals surface area contributed by atoms with E-state index in [1.165, 1.54) is 10.9 Å². The lowest BCUT2D eigenvalue weighted by atomic mass is 9.81. The first kappa shape index (κ1) is 29.9. The minimum absolute atomic E-state index is 0.0195. The van der Waals surface area contributed by atoms with Gasteiger partial charge in [-0.1, -0.05) is 24.5 Å². The number of benzene rings is 1. The highest BCUT2D eigenvalue weighted by Crippen LogP contribution is 2.60. The van der Waals surface area contributed by atoms with Crippen LogP contribution in [0, 0.1) is 38.2 Å². The normalized spacial score (nSPS) is 28.0. The van der Waals surface area contributed by atoms with Crippen molar-refractivity contribution in [3.8, 4) is 11.3 Å². The van der Waals surface area contributed by atoms with Crippen LogP contribution in [-0.4, -0.2) is 80.8 Å². The molecule has 5 rings (SSSR count). The van der Waals surface area contributed by atoms with Crippen molar-refractivity contribution in [3.05, 3.63) is 58.6 Å². The second kappa shape index (κ2) is 11.6. The quantitative estimate of drug-likeness (QED) is 0.217. The van der Waals surface area contributed by atoms with Gasteiger partial charge in [-0.05, 0) is 45.7 Å². The molecule has 2 aliphatic rings. The number of aliphatic hydroxyl groups excluding tert-OH is 3. The smallest absolute Gasteiger partial charge is 0.194 e. The van der Waals surface area contributed by atoms with Crippen LogP contribution in [0.15, 0.2) is 18.3 Å². The third kappa shape index (κ3) is 5.50. The molecule has 1 saturated carbocycles. The van der Waals surface area contributed by atoms with Crippen LogP contribution in [0.25, 0.3) is 11.3 Å². The average Bonchev–Trinajstić information content (AvgIpc) is 3.40. The number of nitrogens with zero attached hydrogens (tertiary/aromatic N) is 5. The first-order chi connectivity index (χ1) is 19.4. The second-order valence-corrected chi connectivity index (χ2v) is 13.8. The number of halogens is 3. The molecule has 1 saturated heterocycles. The van der Waals surface area contributed by atoms with Gasteiger partial charge >= 0.3 is 0 Å². The summed E-state index contributed by atoms with van der Waals surface area (Å²) in [5, 5.41) is 52.4. The molecule has 224 valence electrons. The van der Waals surface area contributed by atoms with Gasteiger partial charge < -0.3 is 20.4 Å². The summed E-state index contributed by atoms with van der Waals surface area (Å²) in [6, 6.07) is 0.549. The lowest BCUT2D eigenvalue weighted by molar-refractivity contribution is -0.00805. The Labute approximate surface area is 238 Å². The van der Waals surface area contributed by atoms with E-state index in [0.717, 1.165) is 42.8 Å². The molecule has 0 radical (unpaired) electrons. The number of hydrogen-bond acceptors (Lipinski definition) is 8. The fraction of sp³-hybridized carbons (Fsp3) is 0.571. The minimum atomic E-state index is -1.60. The molecule has 4 N–H and O–H groups in total. The summed E-state index contributed by atoms with van der Waals surface area (Å²) in [4.78, 5) is 9.52. The van der Waals surface area contributed by atoms with Crippen molar-refractivity contribution in [2.75, 3.05) is 12.4 Å². The summed E-state index contributed by atoms with van der Waals surface area (Å²) in [6.07, 6.45) is 2.61. The van der Waals surface area contributed by atoms with E-state index in [1.807, 2.05) is 20.8 Å². The minimum Gasteiger partial charge on any atom is -0.395 e. The van der Waals surface area contributed by atoms with Gasteiger partial charge in [-0.2, -0.15) is 0 Å². The lowest BCUT2D eigenvalue weighted by Gasteiger charge is -2.52. The fourth-order valence-electron chi connectivity index (χ4n) is 6.36. The van der Waals surface area contributed by atoms with E-state index in [-0.39, 0.29) is 17.0 Å². The van der Waals surface area contributed by atoms with E-state index in [2.05, 4.69) is 15.3 Å². The van der Waals surface area contributed by atoms with Gasteiger partial charge in [0, 0.05) is 16.6 Å². The highest BCUT2D eigenvalue weighted by molar-refractivity contribution is 8.18. The van der Waals surface area contributed by atoms with Crippen molar-refractivity contribution in [1.29, 1.82) is 0 Å². The molecule has 41 heavy (non-hydrogen) atoms. The van der Waals surface area contributed by atoms with E-state index in [4.69, 9.17) is 4.98 Å². The summed E-state index contributed by atoms with van der Waals surface area (Å²) >= 11 is 0. The van der Waals surface area contributed by atoms with Crippen molar-refractivity contribution < 1.29 is 33.6 Å². The van der Waals surface area contributed by atoms with Crippen molar-refractivity contribution >= 4 is 10.9 Å². The average molecular weight is 596 g/mol. The maximum Gasteiger partial charge on any atom is 0.194 e. The summed E-state index contributed by atoms with van der Waals surface area (Å²) in [5.74, 6) is -4.20. The van der Waals surface area contributed by atoms with Crippen molar-refractivity contribution in [2.45, 2.75) is 87.2 Å². The number of rotatable bonds is 6. The Bertz CT molecular complexity index is 1400. The Balaban J connectivity index is 1.52. The van der Waals surface area contributed by atoms with Crippen molar-refractivity contribution in [3.63, 3.8) is 0 Å². The highest BCUT2D eigenvalue weighted by Gasteiger charge is 2.52. The van der Waals surface area contributed by atoms with Crippen LogP contribution in [0.5, 0.6) is 0 Å². The van der Waals surface area contributed by atoms with Crippen LogP contribution in [0.2, 0.25) is 0 Å². The molecule has 9 nitrogen and oxygen atoms in total. The van der Waals surface area contributed by atoms with Gasteiger partial charge in [0.1, 0.15) is 11.7 Å². The zero-order valence-corrected chi connectivity index (χ0v) is 24.1. The van der Waals surface area contributed by atoms with E-state index < -0.39 is 69.3 Å². The highest BCUT2D eigenvalue weighted by atomic mass is 32.2. The van der Waals surface area contributed by atoms with Gasteiger partial charge in [-0.25, -0.2) is 28.7 Å². The number of hydrogen-bond donors (Lipinski definition) is 5. The molecule has 3 heterocycles. The van der Waals surface area contributed by atoms with Gasteiger partial charge in [0.05, 0.1) is 58.6 Å². The molecule has 1 aromatic carbocycles. The topological polar surface area (TPSA) is 137 Å². The maximum atomic E-state index is 13.8.